The molecule has 6 nitrogen and oxygen atoms in total. The highest BCUT2D eigenvalue weighted by atomic mass is 16.2. The molecule has 0 radical (unpaired) electrons. The van der Waals surface area contributed by atoms with Gasteiger partial charge in [-0.1, -0.05) is 18.2 Å². The first kappa shape index (κ1) is 15.5. The Morgan fingerprint density at radius 3 is 3.00 bits per heavy atom. The average molecular weight is 335 g/mol. The van der Waals surface area contributed by atoms with E-state index >= 15 is 0 Å². The number of H-pyrrole nitrogens is 1. The van der Waals surface area contributed by atoms with Crippen LogP contribution in [0, 0.1) is 5.92 Å². The predicted molar refractivity (Wildman–Crippen MR) is 99.9 cm³/mol. The van der Waals surface area contributed by atoms with Crippen LogP contribution in [0.5, 0.6) is 0 Å². The number of benzene rings is 2. The number of rotatable bonds is 4. The fourth-order valence-electron chi connectivity index (χ4n) is 3.31. The van der Waals surface area contributed by atoms with Gasteiger partial charge in [0, 0.05) is 36.4 Å². The van der Waals surface area contributed by atoms with Crippen LogP contribution in [0.15, 0.2) is 54.7 Å². The molecule has 0 spiro atoms. The Hall–Kier alpha value is -3.02. The van der Waals surface area contributed by atoms with E-state index in [1.54, 1.807) is 6.20 Å². The molecule has 2 aromatic carbocycles. The van der Waals surface area contributed by atoms with Gasteiger partial charge in [0.05, 0.1) is 11.7 Å². The Morgan fingerprint density at radius 1 is 1.24 bits per heavy atom. The summed E-state index contributed by atoms with van der Waals surface area (Å²) in [7, 11) is 0. The molecule has 3 aromatic rings. The molecule has 0 bridgehead atoms. The number of para-hydroxylation sites is 1. The van der Waals surface area contributed by atoms with E-state index in [1.165, 1.54) is 5.69 Å². The van der Waals surface area contributed by atoms with Crippen molar-refractivity contribution in [1.82, 2.24) is 15.5 Å². The Bertz CT molecular complexity index is 860. The lowest BCUT2D eigenvalue weighted by Gasteiger charge is -2.18. The molecule has 128 valence electrons. The Balaban J connectivity index is 1.27. The molecule has 1 fully saturated rings. The van der Waals surface area contributed by atoms with Gasteiger partial charge in [0.2, 0.25) is 0 Å². The molecule has 6 heteroatoms. The van der Waals surface area contributed by atoms with Crippen molar-refractivity contribution in [3.05, 3.63) is 54.7 Å². The van der Waals surface area contributed by atoms with E-state index < -0.39 is 0 Å². The van der Waals surface area contributed by atoms with E-state index in [0.29, 0.717) is 12.5 Å². The minimum atomic E-state index is -0.166. The fourth-order valence-corrected chi connectivity index (χ4v) is 3.31. The summed E-state index contributed by atoms with van der Waals surface area (Å²) < 4.78 is 0. The highest BCUT2D eigenvalue weighted by Crippen LogP contribution is 2.23. The molecule has 25 heavy (non-hydrogen) atoms. The van der Waals surface area contributed by atoms with Gasteiger partial charge in [-0.3, -0.25) is 5.10 Å². The van der Waals surface area contributed by atoms with Crippen molar-refractivity contribution in [2.24, 2.45) is 5.92 Å². The third-order valence-corrected chi connectivity index (χ3v) is 4.66. The lowest BCUT2D eigenvalue weighted by atomic mass is 10.1. The highest BCUT2D eigenvalue weighted by Gasteiger charge is 2.22. The van der Waals surface area contributed by atoms with Gasteiger partial charge < -0.3 is 15.5 Å². The van der Waals surface area contributed by atoms with Gasteiger partial charge in [-0.2, -0.15) is 5.10 Å². The molecule has 4 rings (SSSR count). The smallest absolute Gasteiger partial charge is 0.319 e. The van der Waals surface area contributed by atoms with E-state index in [4.69, 9.17) is 0 Å². The molecule has 0 aliphatic carbocycles. The molecule has 1 atom stereocenters. The largest absolute Gasteiger partial charge is 0.371 e. The molecular formula is C19H21N5O. The Labute approximate surface area is 146 Å². The van der Waals surface area contributed by atoms with E-state index in [1.807, 2.05) is 24.3 Å². The predicted octanol–water partition coefficient (Wildman–Crippen LogP) is 3.21. The Kier molecular flexibility index (Phi) is 4.24. The molecule has 0 saturated carbocycles. The number of nitrogens with one attached hydrogen (secondary N) is 3. The average Bonchev–Trinajstić information content (AvgIpc) is 3.30. The number of carbonyl (C=O) groups excluding carboxylic acids is 1. The first-order chi connectivity index (χ1) is 12.3. The van der Waals surface area contributed by atoms with Gasteiger partial charge in [0.1, 0.15) is 0 Å². The van der Waals surface area contributed by atoms with Crippen LogP contribution in [0.3, 0.4) is 0 Å². The van der Waals surface area contributed by atoms with Crippen molar-refractivity contribution in [1.29, 1.82) is 0 Å². The molecule has 1 saturated heterocycles. The number of fused-ring (bicyclic) bond motifs is 1. The zero-order chi connectivity index (χ0) is 17.1. The van der Waals surface area contributed by atoms with Crippen LogP contribution in [0.25, 0.3) is 10.9 Å². The second-order valence-electron chi connectivity index (χ2n) is 6.44. The van der Waals surface area contributed by atoms with E-state index in [2.05, 4.69) is 50.0 Å². The number of aromatic nitrogens is 2. The van der Waals surface area contributed by atoms with E-state index in [9.17, 15) is 4.79 Å². The lowest BCUT2D eigenvalue weighted by molar-refractivity contribution is 0.250. The normalized spacial score (nSPS) is 17.0. The maximum Gasteiger partial charge on any atom is 0.319 e. The number of anilines is 2. The first-order valence-corrected chi connectivity index (χ1v) is 8.56. The summed E-state index contributed by atoms with van der Waals surface area (Å²) >= 11 is 0. The van der Waals surface area contributed by atoms with Crippen LogP contribution in [-0.2, 0) is 0 Å². The van der Waals surface area contributed by atoms with Crippen LogP contribution in [0.4, 0.5) is 16.2 Å². The topological polar surface area (TPSA) is 73.1 Å². The number of urea groups is 1. The van der Waals surface area contributed by atoms with Crippen molar-refractivity contribution in [3.8, 4) is 0 Å². The van der Waals surface area contributed by atoms with Crippen molar-refractivity contribution < 1.29 is 4.79 Å². The monoisotopic (exact) mass is 335 g/mol. The minimum absolute atomic E-state index is 0.166. The summed E-state index contributed by atoms with van der Waals surface area (Å²) in [5, 5.41) is 13.7. The third kappa shape index (κ3) is 3.57. The van der Waals surface area contributed by atoms with E-state index in [0.717, 1.165) is 36.1 Å². The third-order valence-electron chi connectivity index (χ3n) is 4.66. The van der Waals surface area contributed by atoms with Gasteiger partial charge in [-0.25, -0.2) is 4.79 Å². The molecule has 3 N–H and O–H groups in total. The second kappa shape index (κ2) is 6.84. The summed E-state index contributed by atoms with van der Waals surface area (Å²) in [6.45, 7) is 2.70. The summed E-state index contributed by atoms with van der Waals surface area (Å²) in [5.41, 5.74) is 2.98. The van der Waals surface area contributed by atoms with Crippen molar-refractivity contribution >= 4 is 28.3 Å². The van der Waals surface area contributed by atoms with Gasteiger partial charge >= 0.3 is 6.03 Å². The zero-order valence-electron chi connectivity index (χ0n) is 13.9. The summed E-state index contributed by atoms with van der Waals surface area (Å²) in [6.07, 6.45) is 2.84. The fraction of sp³-hybridized carbons (Fsp3) is 0.263. The lowest BCUT2D eigenvalue weighted by Crippen LogP contribution is -2.34. The van der Waals surface area contributed by atoms with Crippen LogP contribution in [0.1, 0.15) is 6.42 Å². The molecule has 0 unspecified atom stereocenters. The zero-order valence-corrected chi connectivity index (χ0v) is 13.9. The van der Waals surface area contributed by atoms with Crippen molar-refractivity contribution in [2.45, 2.75) is 6.42 Å². The quantitative estimate of drug-likeness (QED) is 0.685. The van der Waals surface area contributed by atoms with Gasteiger partial charge in [0.25, 0.3) is 0 Å². The SMILES string of the molecule is O=C(NC[C@H]1CCN(c2ccccc2)C1)Nc1ccc2[nH]ncc2c1. The second-order valence-corrected chi connectivity index (χ2v) is 6.44. The maximum absolute atomic E-state index is 12.1. The molecule has 1 aliphatic rings. The molecule has 1 aromatic heterocycles. The summed E-state index contributed by atoms with van der Waals surface area (Å²) in [5.74, 6) is 0.474. The number of hydrogen-bond donors (Lipinski definition) is 3. The molecular weight excluding hydrogens is 314 g/mol. The van der Waals surface area contributed by atoms with Crippen LogP contribution in [-0.4, -0.2) is 35.9 Å². The first-order valence-electron chi connectivity index (χ1n) is 8.56. The Morgan fingerprint density at radius 2 is 2.12 bits per heavy atom. The standard InChI is InChI=1S/C19H21N5O/c25-19(22-16-6-7-18-15(10-16)12-21-23-18)20-11-14-8-9-24(13-14)17-4-2-1-3-5-17/h1-7,10,12,14H,8-9,11,13H2,(H,21,23)(H2,20,22,25)/t14-/m1/s1. The molecule has 1 aliphatic heterocycles. The number of amides is 2. The number of hydrogen-bond acceptors (Lipinski definition) is 3. The number of carbonyl (C=O) groups is 1. The number of aromatic amines is 1. The highest BCUT2D eigenvalue weighted by molar-refractivity contribution is 5.92. The van der Waals surface area contributed by atoms with Gasteiger partial charge in [-0.05, 0) is 42.7 Å². The van der Waals surface area contributed by atoms with Crippen LogP contribution < -0.4 is 15.5 Å². The maximum atomic E-state index is 12.1. The van der Waals surface area contributed by atoms with E-state index in [-0.39, 0.29) is 6.03 Å². The van der Waals surface area contributed by atoms with Crippen molar-refractivity contribution in [3.63, 3.8) is 0 Å². The number of nitrogens with zero attached hydrogens (tertiary/aromatic N) is 2. The van der Waals surface area contributed by atoms with Gasteiger partial charge in [-0.15, -0.1) is 0 Å². The molecule has 2 amide bonds. The van der Waals surface area contributed by atoms with Crippen LogP contribution in [0.2, 0.25) is 0 Å². The minimum Gasteiger partial charge on any atom is -0.371 e. The van der Waals surface area contributed by atoms with Crippen molar-refractivity contribution in [2.75, 3.05) is 29.9 Å². The summed E-state index contributed by atoms with van der Waals surface area (Å²) in [6, 6.07) is 15.9. The van der Waals surface area contributed by atoms with Gasteiger partial charge in [0.15, 0.2) is 0 Å². The summed E-state index contributed by atoms with van der Waals surface area (Å²) in [4.78, 5) is 14.5. The molecule has 2 heterocycles. The van der Waals surface area contributed by atoms with Crippen LogP contribution >= 0.6 is 0 Å².